The van der Waals surface area contributed by atoms with Gasteiger partial charge in [0.2, 0.25) is 0 Å². The highest BCUT2D eigenvalue weighted by molar-refractivity contribution is 6.35. The second kappa shape index (κ2) is 6.62. The Morgan fingerprint density at radius 2 is 1.70 bits per heavy atom. The molecule has 2 rings (SSSR count). The van der Waals surface area contributed by atoms with Crippen LogP contribution < -0.4 is 5.73 Å². The average Bonchev–Trinajstić information content (AvgIpc) is 2.59. The summed E-state index contributed by atoms with van der Waals surface area (Å²) in [5.74, 6) is -2.24. The van der Waals surface area contributed by atoms with E-state index in [1.807, 2.05) is 0 Å². The van der Waals surface area contributed by atoms with Crippen molar-refractivity contribution in [2.45, 2.75) is 0 Å². The summed E-state index contributed by atoms with van der Waals surface area (Å²) in [5, 5.41) is -0.315. The van der Waals surface area contributed by atoms with Crippen LogP contribution in [0.2, 0.25) is 5.02 Å². The molecule has 8 heteroatoms. The maximum absolute atomic E-state index is 14.3. The van der Waals surface area contributed by atoms with Gasteiger partial charge in [-0.05, 0) is 12.1 Å². The lowest BCUT2D eigenvalue weighted by Gasteiger charge is -2.10. The fourth-order valence-corrected chi connectivity index (χ4v) is 2.07. The first-order valence-electron chi connectivity index (χ1n) is 6.32. The van der Waals surface area contributed by atoms with Crippen LogP contribution in [0.15, 0.2) is 24.3 Å². The SMILES string of the molecule is COC(=O)c1ccc(-c2nc(C(=O)OC)c(Cl)c(N)c2F)cc1. The lowest BCUT2D eigenvalue weighted by atomic mass is 10.1. The van der Waals surface area contributed by atoms with Crippen LogP contribution in [0, 0.1) is 5.82 Å². The van der Waals surface area contributed by atoms with Gasteiger partial charge in [-0.2, -0.15) is 0 Å². The first kappa shape index (κ1) is 16.7. The minimum atomic E-state index is -0.867. The predicted molar refractivity (Wildman–Crippen MR) is 81.7 cm³/mol. The lowest BCUT2D eigenvalue weighted by Crippen LogP contribution is -2.10. The molecule has 0 fully saturated rings. The summed E-state index contributed by atoms with van der Waals surface area (Å²) >= 11 is 5.83. The van der Waals surface area contributed by atoms with Crippen LogP contribution in [0.3, 0.4) is 0 Å². The van der Waals surface area contributed by atoms with Crippen molar-refractivity contribution in [2.24, 2.45) is 0 Å². The molecule has 0 atom stereocenters. The number of carbonyl (C=O) groups excluding carboxylic acids is 2. The average molecular weight is 339 g/mol. The molecule has 0 saturated carbocycles. The maximum atomic E-state index is 14.3. The number of nitrogen functional groups attached to an aromatic ring is 1. The number of anilines is 1. The van der Waals surface area contributed by atoms with Crippen LogP contribution in [-0.2, 0) is 9.47 Å². The van der Waals surface area contributed by atoms with Crippen molar-refractivity contribution in [1.29, 1.82) is 0 Å². The highest BCUT2D eigenvalue weighted by Gasteiger charge is 2.22. The molecule has 0 aliphatic rings. The molecule has 0 unspecified atom stereocenters. The molecule has 0 bridgehead atoms. The molecule has 1 aromatic carbocycles. The van der Waals surface area contributed by atoms with Crippen molar-refractivity contribution in [1.82, 2.24) is 4.98 Å². The number of nitrogens with two attached hydrogens (primary N) is 1. The van der Waals surface area contributed by atoms with E-state index >= 15 is 0 Å². The van der Waals surface area contributed by atoms with Gasteiger partial charge < -0.3 is 15.2 Å². The Morgan fingerprint density at radius 3 is 2.22 bits per heavy atom. The van der Waals surface area contributed by atoms with Gasteiger partial charge in [0.15, 0.2) is 11.5 Å². The minimum Gasteiger partial charge on any atom is -0.465 e. The quantitative estimate of drug-likeness (QED) is 0.865. The van der Waals surface area contributed by atoms with Crippen molar-refractivity contribution in [2.75, 3.05) is 20.0 Å². The summed E-state index contributed by atoms with van der Waals surface area (Å²) in [7, 11) is 2.39. The second-order valence-electron chi connectivity index (χ2n) is 4.41. The highest BCUT2D eigenvalue weighted by atomic mass is 35.5. The molecule has 0 aliphatic heterocycles. The molecule has 6 nitrogen and oxygen atoms in total. The smallest absolute Gasteiger partial charge is 0.358 e. The van der Waals surface area contributed by atoms with Gasteiger partial charge >= 0.3 is 11.9 Å². The molecule has 23 heavy (non-hydrogen) atoms. The minimum absolute atomic E-state index is 0.177. The topological polar surface area (TPSA) is 91.5 Å². The summed E-state index contributed by atoms with van der Waals surface area (Å²) in [6.45, 7) is 0. The van der Waals surface area contributed by atoms with Crippen LogP contribution in [0.4, 0.5) is 10.1 Å². The second-order valence-corrected chi connectivity index (χ2v) is 4.79. The van der Waals surface area contributed by atoms with Gasteiger partial charge in [-0.25, -0.2) is 19.0 Å². The van der Waals surface area contributed by atoms with E-state index in [0.29, 0.717) is 5.56 Å². The normalized spacial score (nSPS) is 10.3. The number of ether oxygens (including phenoxy) is 2. The van der Waals surface area contributed by atoms with Gasteiger partial charge in [0.1, 0.15) is 5.69 Å². The van der Waals surface area contributed by atoms with E-state index in [-0.39, 0.29) is 22.0 Å². The lowest BCUT2D eigenvalue weighted by molar-refractivity contribution is 0.0588. The van der Waals surface area contributed by atoms with Crippen LogP contribution in [-0.4, -0.2) is 31.1 Å². The molecule has 0 radical (unpaired) electrons. The number of halogens is 2. The third kappa shape index (κ3) is 3.09. The summed E-state index contributed by atoms with van der Waals surface area (Å²) in [6.07, 6.45) is 0. The molecule has 0 aliphatic carbocycles. The number of esters is 2. The zero-order valence-electron chi connectivity index (χ0n) is 12.2. The number of pyridine rings is 1. The molecule has 0 saturated heterocycles. The number of nitrogens with zero attached hydrogens (tertiary/aromatic N) is 1. The van der Waals surface area contributed by atoms with Gasteiger partial charge in [0, 0.05) is 5.56 Å². The Labute approximate surface area is 136 Å². The fraction of sp³-hybridized carbons (Fsp3) is 0.133. The number of hydrogen-bond donors (Lipinski definition) is 1. The standard InChI is InChI=1S/C15H12ClFN2O4/c1-22-14(20)8-5-3-7(4-6-8)12-10(17)11(18)9(16)13(19-12)15(21)23-2/h3-6H,1-2H3,(H2,18,19). The highest BCUT2D eigenvalue weighted by Crippen LogP contribution is 2.32. The van der Waals surface area contributed by atoms with Gasteiger partial charge in [0.25, 0.3) is 0 Å². The largest absolute Gasteiger partial charge is 0.465 e. The molecule has 0 amide bonds. The maximum Gasteiger partial charge on any atom is 0.358 e. The number of benzene rings is 1. The van der Waals surface area contributed by atoms with Crippen LogP contribution >= 0.6 is 11.6 Å². The zero-order valence-corrected chi connectivity index (χ0v) is 13.0. The first-order chi connectivity index (χ1) is 10.9. The zero-order chi connectivity index (χ0) is 17.1. The molecule has 1 heterocycles. The molecule has 0 spiro atoms. The summed E-state index contributed by atoms with van der Waals surface area (Å²) in [4.78, 5) is 26.9. The van der Waals surface area contributed by atoms with Gasteiger partial charge in [-0.1, -0.05) is 23.7 Å². The van der Waals surface area contributed by atoms with E-state index in [9.17, 15) is 14.0 Å². The predicted octanol–water partition coefficient (Wildman–Crippen LogP) is 2.70. The van der Waals surface area contributed by atoms with Gasteiger partial charge in [0.05, 0.1) is 30.5 Å². The monoisotopic (exact) mass is 338 g/mol. The van der Waals surface area contributed by atoms with E-state index < -0.39 is 23.4 Å². The summed E-state index contributed by atoms with van der Waals surface area (Å²) < 4.78 is 23.4. The van der Waals surface area contributed by atoms with Crippen molar-refractivity contribution in [3.8, 4) is 11.3 Å². The van der Waals surface area contributed by atoms with E-state index in [4.69, 9.17) is 17.3 Å². The van der Waals surface area contributed by atoms with Crippen molar-refractivity contribution in [3.05, 3.63) is 46.4 Å². The molecular formula is C15H12ClFN2O4. The number of carbonyl (C=O) groups is 2. The fourth-order valence-electron chi connectivity index (χ4n) is 1.87. The van der Waals surface area contributed by atoms with Crippen molar-refractivity contribution in [3.63, 3.8) is 0 Å². The Morgan fingerprint density at radius 1 is 1.13 bits per heavy atom. The van der Waals surface area contributed by atoms with E-state index in [1.54, 1.807) is 0 Å². The van der Waals surface area contributed by atoms with E-state index in [1.165, 1.54) is 31.4 Å². The van der Waals surface area contributed by atoms with Crippen LogP contribution in [0.25, 0.3) is 11.3 Å². The third-order valence-corrected chi connectivity index (χ3v) is 3.45. The molecule has 120 valence electrons. The summed E-state index contributed by atoms with van der Waals surface area (Å²) in [6, 6.07) is 5.77. The number of hydrogen-bond acceptors (Lipinski definition) is 6. The van der Waals surface area contributed by atoms with Crippen molar-refractivity contribution >= 4 is 29.2 Å². The Bertz CT molecular complexity index is 778. The van der Waals surface area contributed by atoms with Crippen molar-refractivity contribution < 1.29 is 23.5 Å². The molecule has 1 aromatic heterocycles. The molecular weight excluding hydrogens is 327 g/mol. The Kier molecular flexibility index (Phi) is 4.80. The number of rotatable bonds is 3. The van der Waals surface area contributed by atoms with Crippen LogP contribution in [0.5, 0.6) is 0 Å². The third-order valence-electron chi connectivity index (χ3n) is 3.07. The van der Waals surface area contributed by atoms with Gasteiger partial charge in [-0.3, -0.25) is 0 Å². The molecule has 2 N–H and O–H groups in total. The summed E-state index contributed by atoms with van der Waals surface area (Å²) in [5.41, 5.74) is 5.30. The Hall–Kier alpha value is -2.67. The van der Waals surface area contributed by atoms with Crippen LogP contribution in [0.1, 0.15) is 20.8 Å². The Balaban J connectivity index is 2.57. The number of aromatic nitrogens is 1. The molecule has 2 aromatic rings. The van der Waals surface area contributed by atoms with Gasteiger partial charge in [-0.15, -0.1) is 0 Å². The van der Waals surface area contributed by atoms with E-state index in [0.717, 1.165) is 7.11 Å². The number of methoxy groups -OCH3 is 2. The first-order valence-corrected chi connectivity index (χ1v) is 6.70. The van der Waals surface area contributed by atoms with E-state index in [2.05, 4.69) is 14.5 Å².